The lowest BCUT2D eigenvalue weighted by atomic mass is 10.0. The number of benzene rings is 1. The maximum absolute atomic E-state index is 11.6. The molecule has 0 bridgehead atoms. The Hall–Kier alpha value is -2.10. The second-order valence-electron chi connectivity index (χ2n) is 4.22. The van der Waals surface area contributed by atoms with Crippen molar-refractivity contribution in [2.45, 2.75) is 12.8 Å². The quantitative estimate of drug-likeness (QED) is 0.740. The lowest BCUT2D eigenvalue weighted by molar-refractivity contribution is -0.119. The van der Waals surface area contributed by atoms with E-state index < -0.39 is 0 Å². The van der Waals surface area contributed by atoms with Gasteiger partial charge in [0.05, 0.1) is 5.69 Å². The van der Waals surface area contributed by atoms with E-state index in [1.54, 1.807) is 6.07 Å². The van der Waals surface area contributed by atoms with E-state index in [4.69, 9.17) is 0 Å². The van der Waals surface area contributed by atoms with Crippen LogP contribution in [0.5, 0.6) is 0 Å². The number of nitrogens with zero attached hydrogens (tertiary/aromatic N) is 1. The van der Waals surface area contributed by atoms with Crippen LogP contribution in [0.3, 0.4) is 0 Å². The largest absolute Gasteiger partial charge is 0.385 e. The molecule has 2 amide bonds. The highest BCUT2D eigenvalue weighted by atomic mass is 16.2. The molecule has 1 aromatic rings. The molecular formula is C13H12N2O2. The van der Waals surface area contributed by atoms with Crippen molar-refractivity contribution in [2.24, 2.45) is 0 Å². The number of fused-ring (bicyclic) bond motifs is 1. The molecule has 17 heavy (non-hydrogen) atoms. The van der Waals surface area contributed by atoms with Gasteiger partial charge in [-0.15, -0.1) is 0 Å². The molecule has 1 N–H and O–H groups in total. The topological polar surface area (TPSA) is 49.4 Å². The number of carbonyl (C=O) groups excluding carboxylic acids is 2. The number of hydrogen-bond donors (Lipinski definition) is 1. The summed E-state index contributed by atoms with van der Waals surface area (Å²) in [5.41, 5.74) is 2.93. The van der Waals surface area contributed by atoms with Crippen molar-refractivity contribution in [3.63, 3.8) is 0 Å². The zero-order valence-corrected chi connectivity index (χ0v) is 9.27. The van der Waals surface area contributed by atoms with Gasteiger partial charge >= 0.3 is 0 Å². The van der Waals surface area contributed by atoms with Gasteiger partial charge in [0.15, 0.2) is 0 Å². The van der Waals surface area contributed by atoms with Gasteiger partial charge in [-0.1, -0.05) is 0 Å². The third kappa shape index (κ3) is 1.62. The molecule has 0 saturated heterocycles. The summed E-state index contributed by atoms with van der Waals surface area (Å²) in [6.07, 6.45) is 4.68. The van der Waals surface area contributed by atoms with E-state index in [1.165, 1.54) is 22.6 Å². The van der Waals surface area contributed by atoms with E-state index in [9.17, 15) is 9.59 Å². The predicted molar refractivity (Wildman–Crippen MR) is 64.9 cm³/mol. The molecule has 2 heterocycles. The summed E-state index contributed by atoms with van der Waals surface area (Å²) in [5.74, 6) is -0.530. The highest BCUT2D eigenvalue weighted by Gasteiger charge is 2.25. The number of nitrogens with one attached hydrogen (secondary N) is 1. The fraction of sp³-hybridized carbons (Fsp3) is 0.231. The highest BCUT2D eigenvalue weighted by Crippen LogP contribution is 2.28. The van der Waals surface area contributed by atoms with Crippen LogP contribution in [0.15, 0.2) is 30.4 Å². The Morgan fingerprint density at radius 1 is 1.12 bits per heavy atom. The van der Waals surface area contributed by atoms with Crippen LogP contribution >= 0.6 is 0 Å². The summed E-state index contributed by atoms with van der Waals surface area (Å²) >= 11 is 0. The van der Waals surface area contributed by atoms with Crippen molar-refractivity contribution in [1.29, 1.82) is 0 Å². The van der Waals surface area contributed by atoms with Crippen LogP contribution in [0, 0.1) is 0 Å². The van der Waals surface area contributed by atoms with Gasteiger partial charge in [-0.05, 0) is 36.6 Å². The van der Waals surface area contributed by atoms with Crippen molar-refractivity contribution in [3.05, 3.63) is 35.9 Å². The van der Waals surface area contributed by atoms with Crippen LogP contribution < -0.4 is 10.2 Å². The van der Waals surface area contributed by atoms with Gasteiger partial charge in [0.1, 0.15) is 0 Å². The Morgan fingerprint density at radius 2 is 1.88 bits per heavy atom. The fourth-order valence-corrected chi connectivity index (χ4v) is 2.26. The Bertz CT molecular complexity index is 516. The first-order valence-corrected chi connectivity index (χ1v) is 5.68. The summed E-state index contributed by atoms with van der Waals surface area (Å²) in [6, 6.07) is 5.66. The summed E-state index contributed by atoms with van der Waals surface area (Å²) in [7, 11) is 0. The Labute approximate surface area is 98.9 Å². The van der Waals surface area contributed by atoms with Crippen molar-refractivity contribution in [3.8, 4) is 0 Å². The van der Waals surface area contributed by atoms with E-state index in [2.05, 4.69) is 5.32 Å². The first kappa shape index (κ1) is 10.1. The third-order valence-electron chi connectivity index (χ3n) is 3.09. The molecule has 4 heteroatoms. The monoisotopic (exact) mass is 228 g/mol. The Morgan fingerprint density at radius 3 is 2.65 bits per heavy atom. The van der Waals surface area contributed by atoms with Gasteiger partial charge in [0.2, 0.25) is 0 Å². The SMILES string of the molecule is O=C1C=CC(=O)N1c1ccc2c(c1)CCCN2. The fourth-order valence-electron chi connectivity index (χ4n) is 2.26. The average Bonchev–Trinajstić information content (AvgIpc) is 2.68. The van der Waals surface area contributed by atoms with Crippen LogP contribution in [0.1, 0.15) is 12.0 Å². The van der Waals surface area contributed by atoms with Crippen LogP contribution in [0.2, 0.25) is 0 Å². The van der Waals surface area contributed by atoms with E-state index in [0.717, 1.165) is 25.1 Å². The van der Waals surface area contributed by atoms with E-state index in [1.807, 2.05) is 12.1 Å². The molecule has 0 aliphatic carbocycles. The van der Waals surface area contributed by atoms with Gasteiger partial charge in [-0.2, -0.15) is 0 Å². The smallest absolute Gasteiger partial charge is 0.258 e. The van der Waals surface area contributed by atoms with Gasteiger partial charge in [-0.3, -0.25) is 9.59 Å². The molecule has 0 spiro atoms. The Kier molecular flexibility index (Phi) is 2.21. The minimum absolute atomic E-state index is 0.265. The maximum Gasteiger partial charge on any atom is 0.258 e. The van der Waals surface area contributed by atoms with Crippen molar-refractivity contribution < 1.29 is 9.59 Å². The molecular weight excluding hydrogens is 216 g/mol. The minimum atomic E-state index is -0.265. The van der Waals surface area contributed by atoms with E-state index in [-0.39, 0.29) is 11.8 Å². The molecule has 0 radical (unpaired) electrons. The summed E-state index contributed by atoms with van der Waals surface area (Å²) in [4.78, 5) is 24.3. The number of amides is 2. The van der Waals surface area contributed by atoms with Crippen molar-refractivity contribution in [1.82, 2.24) is 0 Å². The van der Waals surface area contributed by atoms with Gasteiger partial charge in [0.25, 0.3) is 11.8 Å². The number of anilines is 2. The third-order valence-corrected chi connectivity index (χ3v) is 3.09. The average molecular weight is 228 g/mol. The summed E-state index contributed by atoms with van der Waals surface area (Å²) in [5, 5.41) is 3.30. The first-order valence-electron chi connectivity index (χ1n) is 5.68. The molecule has 0 aromatic heterocycles. The summed E-state index contributed by atoms with van der Waals surface area (Å²) in [6.45, 7) is 0.982. The number of aryl methyl sites for hydroxylation is 1. The van der Waals surface area contributed by atoms with E-state index >= 15 is 0 Å². The number of carbonyl (C=O) groups is 2. The molecule has 0 fully saturated rings. The molecule has 0 unspecified atom stereocenters. The van der Waals surface area contributed by atoms with E-state index in [0.29, 0.717) is 5.69 Å². The van der Waals surface area contributed by atoms with Crippen molar-refractivity contribution >= 4 is 23.2 Å². The molecule has 0 atom stereocenters. The van der Waals surface area contributed by atoms with Gasteiger partial charge in [-0.25, -0.2) is 4.90 Å². The number of rotatable bonds is 1. The zero-order valence-electron chi connectivity index (χ0n) is 9.27. The van der Waals surface area contributed by atoms with Gasteiger partial charge in [0, 0.05) is 24.4 Å². The molecule has 0 saturated carbocycles. The standard InChI is InChI=1S/C13H12N2O2/c16-12-5-6-13(17)15(12)10-3-4-11-9(8-10)2-1-7-14-11/h3-6,8,14H,1-2,7H2. The molecule has 2 aliphatic rings. The normalized spacial score (nSPS) is 18.2. The highest BCUT2D eigenvalue weighted by molar-refractivity contribution is 6.28. The molecule has 3 rings (SSSR count). The summed E-state index contributed by atoms with van der Waals surface area (Å²) < 4.78 is 0. The zero-order chi connectivity index (χ0) is 11.8. The lowest BCUT2D eigenvalue weighted by Gasteiger charge is -2.21. The van der Waals surface area contributed by atoms with Crippen LogP contribution in [-0.2, 0) is 16.0 Å². The number of hydrogen-bond acceptors (Lipinski definition) is 3. The minimum Gasteiger partial charge on any atom is -0.385 e. The lowest BCUT2D eigenvalue weighted by Crippen LogP contribution is -2.29. The van der Waals surface area contributed by atoms with Gasteiger partial charge < -0.3 is 5.32 Å². The predicted octanol–water partition coefficient (Wildman–Crippen LogP) is 1.47. The molecule has 2 aliphatic heterocycles. The second kappa shape index (κ2) is 3.73. The van der Waals surface area contributed by atoms with Crippen LogP contribution in [0.25, 0.3) is 0 Å². The maximum atomic E-state index is 11.6. The van der Waals surface area contributed by atoms with Crippen molar-refractivity contribution in [2.75, 3.05) is 16.8 Å². The molecule has 1 aromatic carbocycles. The van der Waals surface area contributed by atoms with Crippen LogP contribution in [0.4, 0.5) is 11.4 Å². The Balaban J connectivity index is 1.99. The first-order chi connectivity index (χ1) is 8.25. The number of imide groups is 1. The van der Waals surface area contributed by atoms with Crippen LogP contribution in [-0.4, -0.2) is 18.4 Å². The molecule has 86 valence electrons. The second-order valence-corrected chi connectivity index (χ2v) is 4.22. The molecule has 4 nitrogen and oxygen atoms in total.